The molecule has 2 heteroatoms. The van der Waals surface area contributed by atoms with E-state index in [1.807, 2.05) is 0 Å². The van der Waals surface area contributed by atoms with Crippen molar-refractivity contribution in [3.8, 4) is 0 Å². The van der Waals surface area contributed by atoms with Gasteiger partial charge in [-0.1, -0.05) is 36.8 Å². The van der Waals surface area contributed by atoms with Gasteiger partial charge in [0.15, 0.2) is 0 Å². The van der Waals surface area contributed by atoms with Crippen LogP contribution in [0.25, 0.3) is 0 Å². The van der Waals surface area contributed by atoms with E-state index >= 15 is 0 Å². The van der Waals surface area contributed by atoms with Gasteiger partial charge in [0, 0.05) is 25.2 Å². The number of nitrogens with zero attached hydrogens (tertiary/aromatic N) is 1. The molecule has 2 fully saturated rings. The van der Waals surface area contributed by atoms with Gasteiger partial charge in [-0.3, -0.25) is 4.90 Å². The van der Waals surface area contributed by atoms with Gasteiger partial charge in [0.25, 0.3) is 0 Å². The maximum absolute atomic E-state index is 3.73. The van der Waals surface area contributed by atoms with E-state index < -0.39 is 0 Å². The van der Waals surface area contributed by atoms with Crippen LogP contribution in [0.15, 0.2) is 30.3 Å². The zero-order valence-corrected chi connectivity index (χ0v) is 11.1. The summed E-state index contributed by atoms with van der Waals surface area (Å²) in [5.74, 6) is 0. The molecule has 1 N–H and O–H groups in total. The molecule has 0 spiro atoms. The lowest BCUT2D eigenvalue weighted by molar-refractivity contribution is 0.0871. The van der Waals surface area contributed by atoms with E-state index in [-0.39, 0.29) is 0 Å². The van der Waals surface area contributed by atoms with Crippen LogP contribution in [-0.4, -0.2) is 30.1 Å². The zero-order valence-electron chi connectivity index (χ0n) is 11.1. The van der Waals surface area contributed by atoms with Crippen LogP contribution in [0.5, 0.6) is 0 Å². The largest absolute Gasteiger partial charge is 0.309 e. The molecule has 1 unspecified atom stereocenters. The molecule has 98 valence electrons. The molecule has 1 aliphatic heterocycles. The van der Waals surface area contributed by atoms with Crippen molar-refractivity contribution in [1.82, 2.24) is 10.2 Å². The van der Waals surface area contributed by atoms with Crippen LogP contribution >= 0.6 is 0 Å². The lowest BCUT2D eigenvalue weighted by Gasteiger charge is -2.42. The fraction of sp³-hybridized carbons (Fsp3) is 0.625. The molecule has 1 heterocycles. The third-order valence-electron chi connectivity index (χ3n) is 4.48. The first kappa shape index (κ1) is 12.2. The minimum absolute atomic E-state index is 0.694. The van der Waals surface area contributed by atoms with Crippen molar-refractivity contribution in [3.05, 3.63) is 35.9 Å². The van der Waals surface area contributed by atoms with Crippen molar-refractivity contribution in [2.45, 2.75) is 50.7 Å². The first-order valence-electron chi connectivity index (χ1n) is 7.43. The number of hydrogen-bond acceptors (Lipinski definition) is 2. The quantitative estimate of drug-likeness (QED) is 0.876. The molecule has 3 rings (SSSR count). The van der Waals surface area contributed by atoms with Crippen LogP contribution in [0.4, 0.5) is 0 Å². The minimum Gasteiger partial charge on any atom is -0.309 e. The number of rotatable bonds is 4. The standard InChI is InChI=1S/C16H24N2/c1-2-6-14(7-3-1)12-17-15-8-5-11-18(13-15)16-9-4-10-16/h1-3,6-7,15-17H,4-5,8-13H2. The van der Waals surface area contributed by atoms with Gasteiger partial charge in [0.05, 0.1) is 0 Å². The van der Waals surface area contributed by atoms with Crippen molar-refractivity contribution in [1.29, 1.82) is 0 Å². The second-order valence-electron chi connectivity index (χ2n) is 5.79. The summed E-state index contributed by atoms with van der Waals surface area (Å²) < 4.78 is 0. The zero-order chi connectivity index (χ0) is 12.2. The second kappa shape index (κ2) is 5.85. The first-order valence-corrected chi connectivity index (χ1v) is 7.43. The highest BCUT2D eigenvalue weighted by atomic mass is 15.2. The Balaban J connectivity index is 1.47. The van der Waals surface area contributed by atoms with E-state index in [1.54, 1.807) is 0 Å². The molecule has 1 atom stereocenters. The average molecular weight is 244 g/mol. The minimum atomic E-state index is 0.694. The Morgan fingerprint density at radius 1 is 1.06 bits per heavy atom. The van der Waals surface area contributed by atoms with Crippen LogP contribution in [0.2, 0.25) is 0 Å². The maximum atomic E-state index is 3.73. The Morgan fingerprint density at radius 3 is 2.61 bits per heavy atom. The van der Waals surface area contributed by atoms with E-state index in [1.165, 1.54) is 50.8 Å². The molecule has 0 radical (unpaired) electrons. The van der Waals surface area contributed by atoms with Crippen LogP contribution in [0.3, 0.4) is 0 Å². The van der Waals surface area contributed by atoms with Gasteiger partial charge in [-0.15, -0.1) is 0 Å². The second-order valence-corrected chi connectivity index (χ2v) is 5.79. The van der Waals surface area contributed by atoms with Crippen LogP contribution in [-0.2, 0) is 6.54 Å². The molecule has 18 heavy (non-hydrogen) atoms. The molecule has 1 aromatic carbocycles. The van der Waals surface area contributed by atoms with Gasteiger partial charge in [-0.25, -0.2) is 0 Å². The highest BCUT2D eigenvalue weighted by molar-refractivity contribution is 5.14. The van der Waals surface area contributed by atoms with E-state index in [2.05, 4.69) is 40.5 Å². The van der Waals surface area contributed by atoms with Crippen molar-refractivity contribution < 1.29 is 0 Å². The summed E-state index contributed by atoms with van der Waals surface area (Å²) in [6.45, 7) is 3.61. The van der Waals surface area contributed by atoms with E-state index in [4.69, 9.17) is 0 Å². The number of piperidine rings is 1. The molecule has 0 amide bonds. The molecule has 1 aromatic rings. The van der Waals surface area contributed by atoms with Crippen molar-refractivity contribution >= 4 is 0 Å². The smallest absolute Gasteiger partial charge is 0.0208 e. The number of hydrogen-bond donors (Lipinski definition) is 1. The summed E-state index contributed by atoms with van der Waals surface area (Å²) in [7, 11) is 0. The lowest BCUT2D eigenvalue weighted by Crippen LogP contribution is -2.51. The topological polar surface area (TPSA) is 15.3 Å². The number of nitrogens with one attached hydrogen (secondary N) is 1. The molecule has 2 nitrogen and oxygen atoms in total. The van der Waals surface area contributed by atoms with Gasteiger partial charge in [-0.2, -0.15) is 0 Å². The lowest BCUT2D eigenvalue weighted by atomic mass is 9.89. The van der Waals surface area contributed by atoms with Crippen molar-refractivity contribution in [2.24, 2.45) is 0 Å². The van der Waals surface area contributed by atoms with Crippen molar-refractivity contribution in [3.63, 3.8) is 0 Å². The summed E-state index contributed by atoms with van der Waals surface area (Å²) in [5.41, 5.74) is 1.40. The molecule has 0 bridgehead atoms. The van der Waals surface area contributed by atoms with Crippen molar-refractivity contribution in [2.75, 3.05) is 13.1 Å². The summed E-state index contributed by atoms with van der Waals surface area (Å²) in [5, 5.41) is 3.73. The number of benzene rings is 1. The van der Waals surface area contributed by atoms with E-state index in [0.717, 1.165) is 12.6 Å². The Kier molecular flexibility index (Phi) is 3.96. The van der Waals surface area contributed by atoms with Gasteiger partial charge in [0.2, 0.25) is 0 Å². The summed E-state index contributed by atoms with van der Waals surface area (Å²) in [6.07, 6.45) is 7.03. The monoisotopic (exact) mass is 244 g/mol. The molecule has 1 aliphatic carbocycles. The molecule has 2 aliphatic rings. The van der Waals surface area contributed by atoms with Gasteiger partial charge in [0.1, 0.15) is 0 Å². The highest BCUT2D eigenvalue weighted by Crippen LogP contribution is 2.27. The normalized spacial score (nSPS) is 25.9. The predicted octanol–water partition coefficient (Wildman–Crippen LogP) is 2.79. The fourth-order valence-electron chi connectivity index (χ4n) is 3.11. The van der Waals surface area contributed by atoms with E-state index in [0.29, 0.717) is 6.04 Å². The number of likely N-dealkylation sites (tertiary alicyclic amines) is 1. The Hall–Kier alpha value is -0.860. The fourth-order valence-corrected chi connectivity index (χ4v) is 3.11. The van der Waals surface area contributed by atoms with Crippen LogP contribution in [0.1, 0.15) is 37.7 Å². The Labute approximate surface area is 110 Å². The Bertz CT molecular complexity index is 359. The van der Waals surface area contributed by atoms with Gasteiger partial charge < -0.3 is 5.32 Å². The molecule has 1 saturated heterocycles. The summed E-state index contributed by atoms with van der Waals surface area (Å²) in [4.78, 5) is 2.72. The average Bonchev–Trinajstić information content (AvgIpc) is 2.36. The summed E-state index contributed by atoms with van der Waals surface area (Å²) >= 11 is 0. The molecule has 0 aromatic heterocycles. The van der Waals surface area contributed by atoms with Crippen LogP contribution < -0.4 is 5.32 Å². The summed E-state index contributed by atoms with van der Waals surface area (Å²) in [6, 6.07) is 12.4. The molecular weight excluding hydrogens is 220 g/mol. The van der Waals surface area contributed by atoms with Gasteiger partial charge in [-0.05, 0) is 37.8 Å². The third kappa shape index (κ3) is 2.93. The SMILES string of the molecule is c1ccc(CNC2CCCN(C3CCC3)C2)cc1. The van der Waals surface area contributed by atoms with E-state index in [9.17, 15) is 0 Å². The first-order chi connectivity index (χ1) is 8.92. The van der Waals surface area contributed by atoms with Gasteiger partial charge >= 0.3 is 0 Å². The predicted molar refractivity (Wildman–Crippen MR) is 75.5 cm³/mol. The Morgan fingerprint density at radius 2 is 1.89 bits per heavy atom. The van der Waals surface area contributed by atoms with Crippen LogP contribution in [0, 0.1) is 0 Å². The maximum Gasteiger partial charge on any atom is 0.0208 e. The highest BCUT2D eigenvalue weighted by Gasteiger charge is 2.29. The third-order valence-corrected chi connectivity index (χ3v) is 4.48. The molecular formula is C16H24N2. The molecule has 1 saturated carbocycles.